The van der Waals surface area contributed by atoms with Gasteiger partial charge in [-0.05, 0) is 30.8 Å². The quantitative estimate of drug-likeness (QED) is 0.661. The fourth-order valence-electron chi connectivity index (χ4n) is 1.69. The summed E-state index contributed by atoms with van der Waals surface area (Å²) in [4.78, 5) is 2.20. The van der Waals surface area contributed by atoms with E-state index in [1.165, 1.54) is 16.7 Å². The van der Waals surface area contributed by atoms with Crippen LogP contribution in [0.25, 0.3) is 5.57 Å². The highest BCUT2D eigenvalue weighted by molar-refractivity contribution is 5.77. The molecule has 1 aliphatic rings. The third-order valence-corrected chi connectivity index (χ3v) is 2.26. The number of allylic oxidation sites excluding steroid dienone is 1. The lowest BCUT2D eigenvalue weighted by Gasteiger charge is -2.11. The smallest absolute Gasteiger partial charge is 0.0230 e. The molecule has 0 N–H and O–H groups in total. The second-order valence-corrected chi connectivity index (χ2v) is 3.68. The van der Waals surface area contributed by atoms with E-state index in [1.807, 2.05) is 0 Å². The first-order chi connectivity index (χ1) is 6.27. The van der Waals surface area contributed by atoms with Crippen LogP contribution in [0.1, 0.15) is 11.1 Å². The summed E-state index contributed by atoms with van der Waals surface area (Å²) < 4.78 is 0. The summed E-state index contributed by atoms with van der Waals surface area (Å²) in [7, 11) is 4.20. The number of nitrogens with zero attached hydrogens (tertiary/aromatic N) is 1. The molecule has 0 atom stereocenters. The van der Waals surface area contributed by atoms with Crippen LogP contribution in [-0.4, -0.2) is 25.5 Å². The summed E-state index contributed by atoms with van der Waals surface area (Å²) in [5.41, 5.74) is 4.15. The standard InChI is InChI=1S/C12H14N/c1-13(2)9-11-8-7-10-5-3-4-6-12(10)11/h3-8H,9H2,1-2H3. The molecule has 1 heteroatoms. The highest BCUT2D eigenvalue weighted by Gasteiger charge is 2.13. The lowest BCUT2D eigenvalue weighted by molar-refractivity contribution is 0.463. The molecule has 1 aliphatic carbocycles. The predicted molar refractivity (Wildman–Crippen MR) is 56.4 cm³/mol. The number of likely N-dealkylation sites (N-methyl/N-ethyl adjacent to an activating group) is 1. The third-order valence-electron chi connectivity index (χ3n) is 2.26. The van der Waals surface area contributed by atoms with Gasteiger partial charge in [0.15, 0.2) is 0 Å². The largest absolute Gasteiger partial charge is 0.305 e. The van der Waals surface area contributed by atoms with E-state index >= 15 is 0 Å². The summed E-state index contributed by atoms with van der Waals surface area (Å²) in [6.45, 7) is 1.02. The summed E-state index contributed by atoms with van der Waals surface area (Å²) >= 11 is 0. The van der Waals surface area contributed by atoms with E-state index in [4.69, 9.17) is 0 Å². The number of benzene rings is 1. The lowest BCUT2D eigenvalue weighted by atomic mass is 10.1. The zero-order valence-electron chi connectivity index (χ0n) is 8.12. The highest BCUT2D eigenvalue weighted by Crippen LogP contribution is 2.28. The molecule has 0 saturated heterocycles. The number of rotatable bonds is 2. The first-order valence-electron chi connectivity index (χ1n) is 4.55. The molecule has 2 rings (SSSR count). The lowest BCUT2D eigenvalue weighted by Crippen LogP contribution is -2.13. The van der Waals surface area contributed by atoms with Gasteiger partial charge < -0.3 is 4.90 Å². The fraction of sp³-hybridized carbons (Fsp3) is 0.250. The van der Waals surface area contributed by atoms with Crippen LogP contribution in [0, 0.1) is 6.42 Å². The van der Waals surface area contributed by atoms with Gasteiger partial charge in [0.1, 0.15) is 0 Å². The van der Waals surface area contributed by atoms with Crippen LogP contribution in [0.4, 0.5) is 0 Å². The monoisotopic (exact) mass is 172 g/mol. The second-order valence-electron chi connectivity index (χ2n) is 3.68. The highest BCUT2D eigenvalue weighted by atomic mass is 15.0. The minimum absolute atomic E-state index is 1.02. The van der Waals surface area contributed by atoms with E-state index < -0.39 is 0 Å². The van der Waals surface area contributed by atoms with Crippen LogP contribution in [0.5, 0.6) is 0 Å². The molecule has 0 fully saturated rings. The molecule has 0 bridgehead atoms. The molecule has 0 aliphatic heterocycles. The van der Waals surface area contributed by atoms with Crippen LogP contribution in [0.2, 0.25) is 0 Å². The normalized spacial score (nSPS) is 14.5. The van der Waals surface area contributed by atoms with E-state index in [1.54, 1.807) is 0 Å². The van der Waals surface area contributed by atoms with Gasteiger partial charge in [-0.1, -0.05) is 30.3 Å². The molecule has 0 spiro atoms. The van der Waals surface area contributed by atoms with Crippen molar-refractivity contribution < 1.29 is 0 Å². The first kappa shape index (κ1) is 8.52. The molecule has 13 heavy (non-hydrogen) atoms. The molecule has 1 aromatic carbocycles. The van der Waals surface area contributed by atoms with Crippen molar-refractivity contribution in [3.05, 3.63) is 47.9 Å². The van der Waals surface area contributed by atoms with Crippen molar-refractivity contribution in [1.82, 2.24) is 4.90 Å². The van der Waals surface area contributed by atoms with Gasteiger partial charge in [-0.2, -0.15) is 0 Å². The summed E-state index contributed by atoms with van der Waals surface area (Å²) in [6, 6.07) is 8.53. The van der Waals surface area contributed by atoms with Crippen LogP contribution >= 0.6 is 0 Å². The molecular formula is C12H14N. The van der Waals surface area contributed by atoms with Gasteiger partial charge in [0, 0.05) is 13.0 Å². The van der Waals surface area contributed by atoms with Crippen molar-refractivity contribution in [2.75, 3.05) is 20.6 Å². The molecule has 67 valence electrons. The average Bonchev–Trinajstić information content (AvgIpc) is 2.48. The molecule has 0 amide bonds. The third kappa shape index (κ3) is 1.65. The zero-order valence-corrected chi connectivity index (χ0v) is 8.12. The van der Waals surface area contributed by atoms with Gasteiger partial charge in [-0.25, -0.2) is 0 Å². The maximum absolute atomic E-state index is 2.21. The summed E-state index contributed by atoms with van der Waals surface area (Å²) in [6.07, 6.45) is 4.40. The molecule has 0 aromatic heterocycles. The Balaban J connectivity index is 2.26. The van der Waals surface area contributed by atoms with Crippen molar-refractivity contribution >= 4 is 5.57 Å². The predicted octanol–water partition coefficient (Wildman–Crippen LogP) is 2.20. The second kappa shape index (κ2) is 3.35. The first-order valence-corrected chi connectivity index (χ1v) is 4.55. The maximum Gasteiger partial charge on any atom is 0.0230 e. The Hall–Kier alpha value is -1.08. The van der Waals surface area contributed by atoms with Gasteiger partial charge in [-0.3, -0.25) is 0 Å². The van der Waals surface area contributed by atoms with Gasteiger partial charge >= 0.3 is 0 Å². The Kier molecular flexibility index (Phi) is 2.19. The molecule has 1 nitrogen and oxygen atoms in total. The minimum Gasteiger partial charge on any atom is -0.305 e. The van der Waals surface area contributed by atoms with Crippen LogP contribution in [0.3, 0.4) is 0 Å². The van der Waals surface area contributed by atoms with Gasteiger partial charge in [0.2, 0.25) is 0 Å². The van der Waals surface area contributed by atoms with Gasteiger partial charge in [0.25, 0.3) is 0 Å². The van der Waals surface area contributed by atoms with Crippen molar-refractivity contribution in [2.24, 2.45) is 0 Å². The Labute approximate surface area is 79.7 Å². The fourth-order valence-corrected chi connectivity index (χ4v) is 1.69. The van der Waals surface area contributed by atoms with E-state index in [2.05, 4.69) is 55.8 Å². The Morgan fingerprint density at radius 1 is 1.15 bits per heavy atom. The van der Waals surface area contributed by atoms with E-state index in [0.717, 1.165) is 6.54 Å². The van der Waals surface area contributed by atoms with Crippen molar-refractivity contribution in [3.63, 3.8) is 0 Å². The van der Waals surface area contributed by atoms with E-state index in [-0.39, 0.29) is 0 Å². The molecule has 0 heterocycles. The minimum atomic E-state index is 1.02. The number of hydrogen-bond acceptors (Lipinski definition) is 1. The number of hydrogen-bond donors (Lipinski definition) is 0. The van der Waals surface area contributed by atoms with Crippen molar-refractivity contribution in [2.45, 2.75) is 0 Å². The molecule has 0 unspecified atom stereocenters. The van der Waals surface area contributed by atoms with Crippen molar-refractivity contribution in [1.29, 1.82) is 0 Å². The van der Waals surface area contributed by atoms with Crippen LogP contribution < -0.4 is 0 Å². The Morgan fingerprint density at radius 3 is 2.69 bits per heavy atom. The average molecular weight is 172 g/mol. The molecule has 1 aromatic rings. The number of fused-ring (bicyclic) bond motifs is 1. The molecular weight excluding hydrogens is 158 g/mol. The van der Waals surface area contributed by atoms with Gasteiger partial charge in [0.05, 0.1) is 0 Å². The van der Waals surface area contributed by atoms with E-state index in [0.29, 0.717) is 0 Å². The van der Waals surface area contributed by atoms with Crippen LogP contribution in [-0.2, 0) is 0 Å². The molecule has 0 saturated carbocycles. The summed E-state index contributed by atoms with van der Waals surface area (Å²) in [5.74, 6) is 0. The SMILES string of the molecule is CN(C)CC1=C[CH]c2ccccc21. The zero-order chi connectivity index (χ0) is 9.26. The Morgan fingerprint density at radius 2 is 1.92 bits per heavy atom. The Bertz CT molecular complexity index is 337. The molecule has 1 radical (unpaired) electrons. The van der Waals surface area contributed by atoms with Gasteiger partial charge in [-0.15, -0.1) is 0 Å². The maximum atomic E-state index is 2.21. The topological polar surface area (TPSA) is 3.24 Å². The van der Waals surface area contributed by atoms with Crippen LogP contribution in [0.15, 0.2) is 30.3 Å². The summed E-state index contributed by atoms with van der Waals surface area (Å²) in [5, 5.41) is 0. The van der Waals surface area contributed by atoms with Crippen molar-refractivity contribution in [3.8, 4) is 0 Å². The van der Waals surface area contributed by atoms with E-state index in [9.17, 15) is 0 Å².